The van der Waals surface area contributed by atoms with Crippen LogP contribution in [0.25, 0.3) is 0 Å². The zero-order chi connectivity index (χ0) is 17.5. The third-order valence-corrected chi connectivity index (χ3v) is 4.83. The summed E-state index contributed by atoms with van der Waals surface area (Å²) in [5.41, 5.74) is 6.07. The minimum atomic E-state index is -0.366. The zero-order valence-electron chi connectivity index (χ0n) is 14.2. The summed E-state index contributed by atoms with van der Waals surface area (Å²) in [6, 6.07) is 3.54. The molecule has 6 nitrogen and oxygen atoms in total. The number of hydrogen-bond acceptors (Lipinski definition) is 4. The van der Waals surface area contributed by atoms with Crippen molar-refractivity contribution in [3.63, 3.8) is 0 Å². The number of hydrogen-bond donors (Lipinski definition) is 2. The smallest absolute Gasteiger partial charge is 0.257 e. The molecule has 0 aromatic heterocycles. The summed E-state index contributed by atoms with van der Waals surface area (Å²) in [5.74, 6) is 0.109. The number of primary amides is 1. The molecule has 6 heteroatoms. The number of benzene rings is 1. The highest BCUT2D eigenvalue weighted by Crippen LogP contribution is 2.43. The SMILES string of the molecule is CC1(C)Cc2ccc(C(=O)N3CCC(CC(N)=O)CC3)c(O)c2O1. The molecule has 3 N–H and O–H groups in total. The Labute approximate surface area is 141 Å². The number of likely N-dealkylation sites (tertiary alicyclic amines) is 1. The Hall–Kier alpha value is -2.24. The summed E-state index contributed by atoms with van der Waals surface area (Å²) in [5, 5.41) is 10.5. The van der Waals surface area contributed by atoms with Gasteiger partial charge in [0.25, 0.3) is 5.91 Å². The number of carbonyl (C=O) groups is 2. The number of rotatable bonds is 3. The molecule has 1 fully saturated rings. The van der Waals surface area contributed by atoms with Crippen molar-refractivity contribution in [1.29, 1.82) is 0 Å². The van der Waals surface area contributed by atoms with Crippen LogP contribution in [0.2, 0.25) is 0 Å². The first-order chi connectivity index (χ1) is 11.3. The number of aromatic hydroxyl groups is 1. The van der Waals surface area contributed by atoms with Gasteiger partial charge in [-0.2, -0.15) is 0 Å². The van der Waals surface area contributed by atoms with Gasteiger partial charge in [0.05, 0.1) is 5.56 Å². The third kappa shape index (κ3) is 3.18. The number of nitrogens with zero attached hydrogens (tertiary/aromatic N) is 1. The normalized spacial score (nSPS) is 19.7. The molecule has 0 radical (unpaired) electrons. The molecular formula is C18H24N2O4. The van der Waals surface area contributed by atoms with Crippen molar-refractivity contribution in [2.45, 2.75) is 45.1 Å². The first kappa shape index (κ1) is 16.6. The second-order valence-corrected chi connectivity index (χ2v) is 7.39. The third-order valence-electron chi connectivity index (χ3n) is 4.83. The molecule has 1 saturated heterocycles. The predicted octanol–water partition coefficient (Wildman–Crippen LogP) is 1.83. The van der Waals surface area contributed by atoms with Crippen LogP contribution < -0.4 is 10.5 Å². The first-order valence-electron chi connectivity index (χ1n) is 8.38. The molecule has 1 aromatic carbocycles. The van der Waals surface area contributed by atoms with Crippen molar-refractivity contribution in [2.24, 2.45) is 11.7 Å². The maximum Gasteiger partial charge on any atom is 0.257 e. The number of nitrogens with two attached hydrogens (primary N) is 1. The topological polar surface area (TPSA) is 92.9 Å². The van der Waals surface area contributed by atoms with Gasteiger partial charge in [-0.05, 0) is 38.7 Å². The van der Waals surface area contributed by atoms with Crippen molar-refractivity contribution >= 4 is 11.8 Å². The lowest BCUT2D eigenvalue weighted by molar-refractivity contribution is -0.119. The van der Waals surface area contributed by atoms with Crippen LogP contribution in [0.1, 0.15) is 49.0 Å². The Bertz CT molecular complexity index is 676. The highest BCUT2D eigenvalue weighted by molar-refractivity contribution is 5.98. The van der Waals surface area contributed by atoms with E-state index in [1.165, 1.54) is 0 Å². The van der Waals surface area contributed by atoms with E-state index in [0.29, 0.717) is 31.7 Å². The van der Waals surface area contributed by atoms with E-state index < -0.39 is 0 Å². The van der Waals surface area contributed by atoms with Crippen LogP contribution in [-0.2, 0) is 11.2 Å². The Morgan fingerprint density at radius 1 is 1.33 bits per heavy atom. The maximum absolute atomic E-state index is 12.7. The summed E-state index contributed by atoms with van der Waals surface area (Å²) >= 11 is 0. The number of piperidine rings is 1. The molecule has 0 atom stereocenters. The molecule has 0 unspecified atom stereocenters. The van der Waals surface area contributed by atoms with E-state index in [1.807, 2.05) is 19.9 Å². The van der Waals surface area contributed by atoms with Crippen molar-refractivity contribution in [3.05, 3.63) is 23.3 Å². The van der Waals surface area contributed by atoms with Crippen LogP contribution in [-0.4, -0.2) is 40.5 Å². The van der Waals surface area contributed by atoms with Gasteiger partial charge in [-0.25, -0.2) is 0 Å². The van der Waals surface area contributed by atoms with Gasteiger partial charge in [0.15, 0.2) is 11.5 Å². The van der Waals surface area contributed by atoms with E-state index in [1.54, 1.807) is 11.0 Å². The molecule has 3 rings (SSSR count). The lowest BCUT2D eigenvalue weighted by Gasteiger charge is -2.31. The van der Waals surface area contributed by atoms with Gasteiger partial charge >= 0.3 is 0 Å². The molecule has 2 aliphatic heterocycles. The Balaban J connectivity index is 1.72. The van der Waals surface area contributed by atoms with Crippen LogP contribution in [0.15, 0.2) is 12.1 Å². The van der Waals surface area contributed by atoms with Crippen LogP contribution in [0, 0.1) is 5.92 Å². The van der Waals surface area contributed by atoms with Crippen molar-refractivity contribution in [1.82, 2.24) is 4.90 Å². The summed E-state index contributed by atoms with van der Waals surface area (Å²) < 4.78 is 5.79. The van der Waals surface area contributed by atoms with Gasteiger partial charge in [0, 0.05) is 31.5 Å². The average Bonchev–Trinajstić information content (AvgIpc) is 2.82. The molecule has 130 valence electrons. The number of amides is 2. The molecule has 2 aliphatic rings. The lowest BCUT2D eigenvalue weighted by atomic mass is 9.93. The maximum atomic E-state index is 12.7. The Morgan fingerprint density at radius 3 is 2.62 bits per heavy atom. The van der Waals surface area contributed by atoms with Crippen molar-refractivity contribution in [2.75, 3.05) is 13.1 Å². The quantitative estimate of drug-likeness (QED) is 0.883. The minimum Gasteiger partial charge on any atom is -0.504 e. The monoisotopic (exact) mass is 332 g/mol. The van der Waals surface area contributed by atoms with Gasteiger partial charge in [-0.3, -0.25) is 9.59 Å². The average molecular weight is 332 g/mol. The van der Waals surface area contributed by atoms with E-state index in [0.717, 1.165) is 18.4 Å². The molecule has 0 bridgehead atoms. The highest BCUT2D eigenvalue weighted by Gasteiger charge is 2.35. The standard InChI is InChI=1S/C18H24N2O4/c1-18(2)10-12-3-4-13(15(22)16(12)24-18)17(23)20-7-5-11(6-8-20)9-14(19)21/h3-4,11,22H,5-10H2,1-2H3,(H2,19,21). The number of fused-ring (bicyclic) bond motifs is 1. The Kier molecular flexibility index (Phi) is 4.15. The van der Waals surface area contributed by atoms with Crippen LogP contribution >= 0.6 is 0 Å². The molecule has 1 aromatic rings. The van der Waals surface area contributed by atoms with Gasteiger partial charge in [0.2, 0.25) is 5.91 Å². The van der Waals surface area contributed by atoms with Crippen LogP contribution in [0.5, 0.6) is 11.5 Å². The number of carbonyl (C=O) groups excluding carboxylic acids is 2. The van der Waals surface area contributed by atoms with Gasteiger partial charge in [0.1, 0.15) is 5.60 Å². The molecule has 0 aliphatic carbocycles. The van der Waals surface area contributed by atoms with E-state index in [4.69, 9.17) is 10.5 Å². The van der Waals surface area contributed by atoms with E-state index >= 15 is 0 Å². The molecular weight excluding hydrogens is 308 g/mol. The Morgan fingerprint density at radius 2 is 2.00 bits per heavy atom. The molecule has 0 saturated carbocycles. The number of phenols is 1. The molecule has 2 amide bonds. The molecule has 0 spiro atoms. The van der Waals surface area contributed by atoms with Crippen molar-refractivity contribution in [3.8, 4) is 11.5 Å². The largest absolute Gasteiger partial charge is 0.504 e. The van der Waals surface area contributed by atoms with E-state index in [2.05, 4.69) is 0 Å². The number of ether oxygens (including phenoxy) is 1. The van der Waals surface area contributed by atoms with E-state index in [-0.39, 0.29) is 34.6 Å². The van der Waals surface area contributed by atoms with Crippen LogP contribution in [0.3, 0.4) is 0 Å². The summed E-state index contributed by atoms with van der Waals surface area (Å²) in [6.07, 6.45) is 2.59. The fourth-order valence-electron chi connectivity index (χ4n) is 3.60. The molecule has 2 heterocycles. The van der Waals surface area contributed by atoms with Crippen molar-refractivity contribution < 1.29 is 19.4 Å². The predicted molar refractivity (Wildman–Crippen MR) is 89.0 cm³/mol. The van der Waals surface area contributed by atoms with Gasteiger partial charge < -0.3 is 20.5 Å². The zero-order valence-corrected chi connectivity index (χ0v) is 14.2. The fraction of sp³-hybridized carbons (Fsp3) is 0.556. The number of phenolic OH excluding ortho intramolecular Hbond substituents is 1. The summed E-state index contributed by atoms with van der Waals surface area (Å²) in [4.78, 5) is 25.5. The highest BCUT2D eigenvalue weighted by atomic mass is 16.5. The van der Waals surface area contributed by atoms with E-state index in [9.17, 15) is 14.7 Å². The molecule has 24 heavy (non-hydrogen) atoms. The first-order valence-corrected chi connectivity index (χ1v) is 8.38. The second-order valence-electron chi connectivity index (χ2n) is 7.39. The fourth-order valence-corrected chi connectivity index (χ4v) is 3.60. The van der Waals surface area contributed by atoms with Gasteiger partial charge in [-0.1, -0.05) is 6.07 Å². The minimum absolute atomic E-state index is 0.0673. The summed E-state index contributed by atoms with van der Waals surface area (Å²) in [7, 11) is 0. The van der Waals surface area contributed by atoms with Gasteiger partial charge in [-0.15, -0.1) is 0 Å². The van der Waals surface area contributed by atoms with Crippen LogP contribution in [0.4, 0.5) is 0 Å². The second kappa shape index (κ2) is 6.00. The summed E-state index contributed by atoms with van der Waals surface area (Å²) in [6.45, 7) is 5.05. The lowest BCUT2D eigenvalue weighted by Crippen LogP contribution is -2.39.